The van der Waals surface area contributed by atoms with Crippen molar-refractivity contribution in [1.82, 2.24) is 4.98 Å². The highest BCUT2D eigenvalue weighted by Gasteiger charge is 2.24. The van der Waals surface area contributed by atoms with Gasteiger partial charge in [0.2, 0.25) is 0 Å². The highest BCUT2D eigenvalue weighted by atomic mass is 35.5. The summed E-state index contributed by atoms with van der Waals surface area (Å²) in [6.07, 6.45) is 3.62. The summed E-state index contributed by atoms with van der Waals surface area (Å²) in [5, 5.41) is 1.37. The van der Waals surface area contributed by atoms with Gasteiger partial charge in [0.25, 0.3) is 0 Å². The van der Waals surface area contributed by atoms with Gasteiger partial charge in [-0.05, 0) is 79.1 Å². The van der Waals surface area contributed by atoms with Crippen LogP contribution in [0.25, 0.3) is 32.6 Å². The standard InChI is InChI=1S/C26H25NOS.ClH/c1-16-5-4-6-19(13-16)22-15-23(18-8-10-20(28-3)11-9-18)27-26-25(22)21-12-7-17(2)14-24(21)29-26;/h4-6,8-11,13,15,17H,7,12,14H2,1-3H3;1H/p-1. The largest absolute Gasteiger partial charge is 1.00 e. The predicted molar refractivity (Wildman–Crippen MR) is 123 cm³/mol. The molecule has 0 spiro atoms. The summed E-state index contributed by atoms with van der Waals surface area (Å²) in [4.78, 5) is 7.83. The first-order valence-electron chi connectivity index (χ1n) is 10.3. The van der Waals surface area contributed by atoms with Crippen LogP contribution in [0.4, 0.5) is 0 Å². The van der Waals surface area contributed by atoms with Crippen LogP contribution in [0.1, 0.15) is 29.3 Å². The summed E-state index contributed by atoms with van der Waals surface area (Å²) in [5.41, 5.74) is 7.58. The molecule has 30 heavy (non-hydrogen) atoms. The van der Waals surface area contributed by atoms with Crippen molar-refractivity contribution in [2.75, 3.05) is 7.11 Å². The number of rotatable bonds is 3. The van der Waals surface area contributed by atoms with E-state index in [1.165, 1.54) is 56.6 Å². The molecule has 0 amide bonds. The van der Waals surface area contributed by atoms with Crippen molar-refractivity contribution in [3.63, 3.8) is 0 Å². The number of ether oxygens (including phenoxy) is 1. The Morgan fingerprint density at radius 3 is 2.57 bits per heavy atom. The number of fused-ring (bicyclic) bond motifs is 3. The van der Waals surface area contributed by atoms with Crippen LogP contribution in [0.15, 0.2) is 54.6 Å². The number of halogens is 1. The number of pyridine rings is 1. The van der Waals surface area contributed by atoms with Crippen molar-refractivity contribution < 1.29 is 17.1 Å². The maximum absolute atomic E-state index is 5.33. The van der Waals surface area contributed by atoms with Crippen molar-refractivity contribution in [2.24, 2.45) is 5.92 Å². The molecule has 2 heterocycles. The van der Waals surface area contributed by atoms with Crippen molar-refractivity contribution in [2.45, 2.75) is 33.1 Å². The molecule has 0 saturated carbocycles. The zero-order chi connectivity index (χ0) is 20.0. The minimum atomic E-state index is 0. The molecule has 1 aliphatic rings. The number of aryl methyl sites for hydroxylation is 2. The summed E-state index contributed by atoms with van der Waals surface area (Å²) in [6.45, 7) is 4.53. The highest BCUT2D eigenvalue weighted by molar-refractivity contribution is 7.19. The average Bonchev–Trinajstić information content (AvgIpc) is 3.10. The van der Waals surface area contributed by atoms with E-state index in [0.717, 1.165) is 22.9 Å². The zero-order valence-corrected chi connectivity index (χ0v) is 19.1. The summed E-state index contributed by atoms with van der Waals surface area (Å²) >= 11 is 1.90. The number of aromatic nitrogens is 1. The van der Waals surface area contributed by atoms with Crippen LogP contribution < -0.4 is 17.1 Å². The van der Waals surface area contributed by atoms with Crippen molar-refractivity contribution in [3.8, 4) is 28.1 Å². The molecule has 4 heteroatoms. The second kappa shape index (κ2) is 8.41. The van der Waals surface area contributed by atoms with Gasteiger partial charge < -0.3 is 17.1 Å². The van der Waals surface area contributed by atoms with Gasteiger partial charge in [-0.25, -0.2) is 4.98 Å². The van der Waals surface area contributed by atoms with Gasteiger partial charge in [0.05, 0.1) is 12.8 Å². The van der Waals surface area contributed by atoms with Crippen molar-refractivity contribution in [3.05, 3.63) is 70.6 Å². The van der Waals surface area contributed by atoms with E-state index in [9.17, 15) is 0 Å². The molecule has 2 aromatic heterocycles. The quantitative estimate of drug-likeness (QED) is 0.484. The van der Waals surface area contributed by atoms with E-state index < -0.39 is 0 Å². The smallest absolute Gasteiger partial charge is 0.125 e. The van der Waals surface area contributed by atoms with Crippen LogP contribution in [0.3, 0.4) is 0 Å². The minimum Gasteiger partial charge on any atom is -1.00 e. The Labute approximate surface area is 188 Å². The fraction of sp³-hybridized carbons (Fsp3) is 0.269. The first-order valence-corrected chi connectivity index (χ1v) is 11.1. The lowest BCUT2D eigenvalue weighted by Crippen LogP contribution is -3.00. The summed E-state index contributed by atoms with van der Waals surface area (Å²) in [6, 6.07) is 19.3. The van der Waals surface area contributed by atoms with Crippen LogP contribution >= 0.6 is 11.3 Å². The van der Waals surface area contributed by atoms with Gasteiger partial charge >= 0.3 is 0 Å². The number of hydrogen-bond acceptors (Lipinski definition) is 3. The van der Waals surface area contributed by atoms with E-state index in [0.29, 0.717) is 0 Å². The van der Waals surface area contributed by atoms with E-state index in [4.69, 9.17) is 9.72 Å². The Morgan fingerprint density at radius 1 is 1.03 bits per heavy atom. The van der Waals surface area contributed by atoms with Gasteiger partial charge in [0.15, 0.2) is 0 Å². The van der Waals surface area contributed by atoms with Crippen LogP contribution in [0.2, 0.25) is 0 Å². The molecule has 0 aliphatic heterocycles. The number of benzene rings is 2. The SMILES string of the molecule is COc1ccc(-c2cc(-c3cccc(C)c3)c3c4c(sc3n2)CC(C)CC4)cc1.[Cl-]. The summed E-state index contributed by atoms with van der Waals surface area (Å²) < 4.78 is 5.33. The molecule has 4 aromatic rings. The molecule has 5 rings (SSSR count). The second-order valence-electron chi connectivity index (χ2n) is 8.18. The Kier molecular flexibility index (Phi) is 5.86. The maximum Gasteiger partial charge on any atom is 0.125 e. The third-order valence-corrected chi connectivity index (χ3v) is 7.13. The van der Waals surface area contributed by atoms with Gasteiger partial charge in [-0.15, -0.1) is 11.3 Å². The average molecular weight is 435 g/mol. The highest BCUT2D eigenvalue weighted by Crippen LogP contribution is 2.43. The monoisotopic (exact) mass is 434 g/mol. The van der Waals surface area contributed by atoms with E-state index in [2.05, 4.69) is 56.3 Å². The molecule has 0 N–H and O–H groups in total. The number of nitrogens with zero attached hydrogens (tertiary/aromatic N) is 1. The Bertz CT molecular complexity index is 1200. The Morgan fingerprint density at radius 2 is 1.83 bits per heavy atom. The maximum atomic E-state index is 5.33. The minimum absolute atomic E-state index is 0. The number of methoxy groups -OCH3 is 1. The van der Waals surface area contributed by atoms with E-state index in [1.54, 1.807) is 7.11 Å². The van der Waals surface area contributed by atoms with Crippen LogP contribution in [0, 0.1) is 12.8 Å². The first-order chi connectivity index (χ1) is 14.1. The molecule has 0 fully saturated rings. The molecule has 2 aromatic carbocycles. The lowest BCUT2D eigenvalue weighted by Gasteiger charge is -2.18. The second-order valence-corrected chi connectivity index (χ2v) is 9.27. The van der Waals surface area contributed by atoms with Crippen LogP contribution in [-0.2, 0) is 12.8 Å². The lowest BCUT2D eigenvalue weighted by atomic mass is 9.87. The van der Waals surface area contributed by atoms with E-state index in [-0.39, 0.29) is 12.4 Å². The molecule has 0 saturated heterocycles. The lowest BCUT2D eigenvalue weighted by molar-refractivity contribution is -0.00000616. The predicted octanol–water partition coefficient (Wildman–Crippen LogP) is 4.08. The normalized spacial score (nSPS) is 15.5. The third kappa shape index (κ3) is 3.73. The van der Waals surface area contributed by atoms with Gasteiger partial charge in [-0.3, -0.25) is 0 Å². The number of hydrogen-bond donors (Lipinski definition) is 0. The van der Waals surface area contributed by atoms with Crippen molar-refractivity contribution >= 4 is 21.6 Å². The third-order valence-electron chi connectivity index (χ3n) is 5.98. The van der Waals surface area contributed by atoms with Gasteiger partial charge in [-0.1, -0.05) is 36.8 Å². The molecule has 2 nitrogen and oxygen atoms in total. The first kappa shape index (κ1) is 20.9. The fourth-order valence-corrected chi connectivity index (χ4v) is 5.80. The molecule has 0 radical (unpaired) electrons. The Balaban J connectivity index is 0.00000218. The zero-order valence-electron chi connectivity index (χ0n) is 17.5. The molecular formula is C26H25ClNOS-. The Hall–Kier alpha value is -2.36. The van der Waals surface area contributed by atoms with Gasteiger partial charge in [0, 0.05) is 15.8 Å². The summed E-state index contributed by atoms with van der Waals surface area (Å²) in [7, 11) is 1.70. The molecule has 1 aliphatic carbocycles. The molecule has 1 atom stereocenters. The van der Waals surface area contributed by atoms with E-state index >= 15 is 0 Å². The molecule has 154 valence electrons. The topological polar surface area (TPSA) is 22.1 Å². The van der Waals surface area contributed by atoms with Gasteiger partial charge in [-0.2, -0.15) is 0 Å². The molecular weight excluding hydrogens is 410 g/mol. The number of thiophene rings is 1. The molecule has 1 unspecified atom stereocenters. The van der Waals surface area contributed by atoms with Crippen LogP contribution in [-0.4, -0.2) is 12.1 Å². The fourth-order valence-electron chi connectivity index (χ4n) is 4.39. The van der Waals surface area contributed by atoms with Crippen LogP contribution in [0.5, 0.6) is 5.75 Å². The summed E-state index contributed by atoms with van der Waals surface area (Å²) in [5.74, 6) is 1.63. The van der Waals surface area contributed by atoms with E-state index in [1.807, 2.05) is 23.5 Å². The van der Waals surface area contributed by atoms with Crippen molar-refractivity contribution in [1.29, 1.82) is 0 Å². The molecule has 0 bridgehead atoms. The van der Waals surface area contributed by atoms with Gasteiger partial charge in [0.1, 0.15) is 10.6 Å².